The first-order chi connectivity index (χ1) is 5.38. The van der Waals surface area contributed by atoms with E-state index in [1.807, 2.05) is 12.1 Å². The van der Waals surface area contributed by atoms with E-state index in [9.17, 15) is 0 Å². The van der Waals surface area contributed by atoms with E-state index in [2.05, 4.69) is 36.9 Å². The van der Waals surface area contributed by atoms with Gasteiger partial charge in [0.1, 0.15) is 0 Å². The van der Waals surface area contributed by atoms with Gasteiger partial charge in [-0.3, -0.25) is 0 Å². The average Bonchev–Trinajstić information content (AvgIpc) is 2.09. The van der Waals surface area contributed by atoms with Crippen LogP contribution >= 0.6 is 17.0 Å². The van der Waals surface area contributed by atoms with Crippen molar-refractivity contribution in [2.24, 2.45) is 0 Å². The van der Waals surface area contributed by atoms with Crippen LogP contribution in [-0.4, -0.2) is 36.1 Å². The van der Waals surface area contributed by atoms with Crippen LogP contribution < -0.4 is 21.9 Å². The fraction of sp³-hybridized carbons (Fsp3) is 0.400. The molecule has 0 heterocycles. The summed E-state index contributed by atoms with van der Waals surface area (Å²) in [6, 6.07) is 11.1. The van der Waals surface area contributed by atoms with Gasteiger partial charge in [0, 0.05) is 13.1 Å². The van der Waals surface area contributed by atoms with Crippen LogP contribution in [0.4, 0.5) is 5.69 Å². The Balaban J connectivity index is -0.000000403. The molecule has 0 amide bonds. The van der Waals surface area contributed by atoms with Crippen molar-refractivity contribution < 1.29 is 17.0 Å². The zero-order valence-electron chi connectivity index (χ0n) is 8.66. The van der Waals surface area contributed by atoms with Gasteiger partial charge in [0.25, 0.3) is 0 Å². The standard InChI is InChI=1S/C10H14N.2BrH.Mg/c1-3-11(4-2)10-8-6-5-7-9-10;;;/h6-9H,3-4H2,1-2H3;2*1H;/q-1;;;+2/p-1. The van der Waals surface area contributed by atoms with Crippen LogP contribution in [0.1, 0.15) is 13.8 Å². The van der Waals surface area contributed by atoms with Gasteiger partial charge >= 0.3 is 23.1 Å². The summed E-state index contributed by atoms with van der Waals surface area (Å²) >= 11 is 0. The molecule has 0 aliphatic carbocycles. The van der Waals surface area contributed by atoms with E-state index >= 15 is 0 Å². The Morgan fingerprint density at radius 3 is 1.93 bits per heavy atom. The molecule has 76 valence electrons. The minimum Gasteiger partial charge on any atom is -1.00 e. The van der Waals surface area contributed by atoms with Crippen LogP contribution in [0.5, 0.6) is 0 Å². The van der Waals surface area contributed by atoms with E-state index in [0.29, 0.717) is 0 Å². The molecule has 14 heavy (non-hydrogen) atoms. The number of hydrogen-bond donors (Lipinski definition) is 0. The molecule has 0 saturated carbocycles. The molecule has 0 fully saturated rings. The summed E-state index contributed by atoms with van der Waals surface area (Å²) in [6.45, 7) is 6.47. The monoisotopic (exact) mass is 331 g/mol. The van der Waals surface area contributed by atoms with E-state index < -0.39 is 0 Å². The van der Waals surface area contributed by atoms with Gasteiger partial charge in [-0.05, 0) is 13.8 Å². The minimum atomic E-state index is 0. The quantitative estimate of drug-likeness (QED) is 0.534. The number of rotatable bonds is 3. The fourth-order valence-corrected chi connectivity index (χ4v) is 1.18. The first-order valence-electron chi connectivity index (χ1n) is 4.09. The van der Waals surface area contributed by atoms with Gasteiger partial charge < -0.3 is 21.9 Å². The van der Waals surface area contributed by atoms with Crippen LogP contribution in [0.15, 0.2) is 24.3 Å². The molecule has 1 aromatic carbocycles. The van der Waals surface area contributed by atoms with Gasteiger partial charge in [-0.25, -0.2) is 0 Å². The smallest absolute Gasteiger partial charge is 1.00 e. The second-order valence-electron chi connectivity index (χ2n) is 2.43. The molecule has 0 radical (unpaired) electrons. The SMILES string of the molecule is Br.CCN(CC)c1cc[c-]cc1.[Br-].[Mg+2]. The van der Waals surface area contributed by atoms with Crippen molar-refractivity contribution in [3.05, 3.63) is 30.3 Å². The van der Waals surface area contributed by atoms with Crippen LogP contribution in [0.3, 0.4) is 0 Å². The number of halogens is 2. The molecule has 0 bridgehead atoms. The third-order valence-electron chi connectivity index (χ3n) is 1.83. The Kier molecular flexibility index (Phi) is 17.0. The van der Waals surface area contributed by atoms with Gasteiger partial charge in [-0.2, -0.15) is 18.2 Å². The number of benzene rings is 1. The van der Waals surface area contributed by atoms with Crippen molar-refractivity contribution in [2.75, 3.05) is 18.0 Å². The predicted molar refractivity (Wildman–Crippen MR) is 64.9 cm³/mol. The Morgan fingerprint density at radius 1 is 1.14 bits per heavy atom. The van der Waals surface area contributed by atoms with Crippen molar-refractivity contribution >= 4 is 45.7 Å². The maximum atomic E-state index is 3.01. The van der Waals surface area contributed by atoms with E-state index in [1.54, 1.807) is 0 Å². The van der Waals surface area contributed by atoms with E-state index in [1.165, 1.54) is 5.69 Å². The van der Waals surface area contributed by atoms with Crippen LogP contribution in [0.25, 0.3) is 0 Å². The Labute approximate surface area is 124 Å². The maximum Gasteiger partial charge on any atom is 2.00 e. The topological polar surface area (TPSA) is 3.24 Å². The normalized spacial score (nSPS) is 7.57. The summed E-state index contributed by atoms with van der Waals surface area (Å²) in [5.41, 5.74) is 1.29. The van der Waals surface area contributed by atoms with E-state index in [-0.39, 0.29) is 57.0 Å². The molecule has 0 spiro atoms. The molecule has 1 nitrogen and oxygen atoms in total. The third kappa shape index (κ3) is 6.27. The molecule has 0 saturated heterocycles. The summed E-state index contributed by atoms with van der Waals surface area (Å²) in [5, 5.41) is 0. The van der Waals surface area contributed by atoms with Crippen molar-refractivity contribution in [2.45, 2.75) is 13.8 Å². The molecule has 0 unspecified atom stereocenters. The second-order valence-corrected chi connectivity index (χ2v) is 2.43. The first-order valence-corrected chi connectivity index (χ1v) is 4.09. The molecule has 0 aliphatic heterocycles. The van der Waals surface area contributed by atoms with Crippen LogP contribution in [-0.2, 0) is 0 Å². The summed E-state index contributed by atoms with van der Waals surface area (Å²) in [6.07, 6.45) is 0. The molecular weight excluding hydrogens is 318 g/mol. The van der Waals surface area contributed by atoms with Crippen molar-refractivity contribution in [3.8, 4) is 0 Å². The molecular formula is C10H15Br2MgN. The Hall–Kier alpha value is 0.746. The first kappa shape index (κ1) is 20.2. The molecule has 0 N–H and O–H groups in total. The second kappa shape index (κ2) is 11.8. The van der Waals surface area contributed by atoms with Crippen molar-refractivity contribution in [3.63, 3.8) is 0 Å². The summed E-state index contributed by atoms with van der Waals surface area (Å²) < 4.78 is 0. The molecule has 4 heteroatoms. The Morgan fingerprint density at radius 2 is 1.57 bits per heavy atom. The van der Waals surface area contributed by atoms with Gasteiger partial charge in [0.15, 0.2) is 0 Å². The number of anilines is 1. The Bertz CT molecular complexity index is 203. The summed E-state index contributed by atoms with van der Waals surface area (Å²) in [7, 11) is 0. The van der Waals surface area contributed by atoms with Crippen molar-refractivity contribution in [1.29, 1.82) is 0 Å². The van der Waals surface area contributed by atoms with E-state index in [4.69, 9.17) is 0 Å². The maximum absolute atomic E-state index is 3.01. The van der Waals surface area contributed by atoms with Gasteiger partial charge in [-0.15, -0.1) is 29.1 Å². The number of hydrogen-bond acceptors (Lipinski definition) is 1. The number of nitrogens with zero attached hydrogens (tertiary/aromatic N) is 1. The fourth-order valence-electron chi connectivity index (χ4n) is 1.18. The van der Waals surface area contributed by atoms with Gasteiger partial charge in [0.2, 0.25) is 0 Å². The zero-order chi connectivity index (χ0) is 8.10. The van der Waals surface area contributed by atoms with Crippen molar-refractivity contribution in [1.82, 2.24) is 0 Å². The zero-order valence-corrected chi connectivity index (χ0v) is 13.4. The van der Waals surface area contributed by atoms with E-state index in [0.717, 1.165) is 13.1 Å². The van der Waals surface area contributed by atoms with Crippen LogP contribution in [0, 0.1) is 6.07 Å². The molecule has 1 aromatic rings. The molecule has 0 atom stereocenters. The molecule has 1 rings (SSSR count). The largest absolute Gasteiger partial charge is 2.00 e. The molecule has 0 aliphatic rings. The molecule has 0 aromatic heterocycles. The minimum absolute atomic E-state index is 0. The average molecular weight is 333 g/mol. The van der Waals surface area contributed by atoms with Crippen LogP contribution in [0.2, 0.25) is 0 Å². The van der Waals surface area contributed by atoms with Gasteiger partial charge in [-0.1, -0.05) is 5.69 Å². The summed E-state index contributed by atoms with van der Waals surface area (Å²) in [5.74, 6) is 0. The predicted octanol–water partition coefficient (Wildman–Crippen LogP) is -0.466. The third-order valence-corrected chi connectivity index (χ3v) is 1.83. The summed E-state index contributed by atoms with van der Waals surface area (Å²) in [4.78, 5) is 2.31. The van der Waals surface area contributed by atoms with Gasteiger partial charge in [0.05, 0.1) is 0 Å².